The molecule has 4 rings (SSSR count). The summed E-state index contributed by atoms with van der Waals surface area (Å²) in [5.74, 6) is 1.66. The number of nitrogens with zero attached hydrogens (tertiary/aromatic N) is 1. The van der Waals surface area contributed by atoms with Gasteiger partial charge < -0.3 is 15.4 Å². The summed E-state index contributed by atoms with van der Waals surface area (Å²) in [4.78, 5) is 7.50. The van der Waals surface area contributed by atoms with Crippen LogP contribution in [-0.4, -0.2) is 31.3 Å². The molecule has 0 radical (unpaired) electrons. The third-order valence-electron chi connectivity index (χ3n) is 5.86. The van der Waals surface area contributed by atoms with Gasteiger partial charge in [0, 0.05) is 40.3 Å². The zero-order valence-electron chi connectivity index (χ0n) is 14.1. The summed E-state index contributed by atoms with van der Waals surface area (Å²) in [5, 5.41) is 7.19. The second kappa shape index (κ2) is 6.10. The molecule has 3 unspecified atom stereocenters. The third-order valence-corrected chi connectivity index (χ3v) is 6.85. The summed E-state index contributed by atoms with van der Waals surface area (Å²) in [6.07, 6.45) is 5.70. The van der Waals surface area contributed by atoms with Gasteiger partial charge in [0.25, 0.3) is 0 Å². The Kier molecular flexibility index (Phi) is 4.10. The van der Waals surface area contributed by atoms with Crippen LogP contribution < -0.4 is 10.6 Å². The molecule has 3 fully saturated rings. The number of aliphatic imine (C=N–C) groups is 1. The van der Waals surface area contributed by atoms with Crippen molar-refractivity contribution in [2.24, 2.45) is 16.3 Å². The largest absolute Gasteiger partial charge is 0.377 e. The first-order valence-corrected chi connectivity index (χ1v) is 9.76. The SMILES string of the molecule is CCNC(=NCc1ccc(C)s1)NC1C2CCOC2C12CCC2. The smallest absolute Gasteiger partial charge is 0.191 e. The van der Waals surface area contributed by atoms with E-state index in [1.807, 2.05) is 11.3 Å². The van der Waals surface area contributed by atoms with Crippen LogP contribution >= 0.6 is 11.3 Å². The van der Waals surface area contributed by atoms with E-state index in [0.717, 1.165) is 25.7 Å². The molecular formula is C18H27N3OS. The molecule has 2 heterocycles. The van der Waals surface area contributed by atoms with Gasteiger partial charge in [0.05, 0.1) is 12.6 Å². The number of nitrogens with one attached hydrogen (secondary N) is 2. The van der Waals surface area contributed by atoms with Gasteiger partial charge in [0.1, 0.15) is 0 Å². The number of aryl methyl sites for hydroxylation is 1. The van der Waals surface area contributed by atoms with Gasteiger partial charge in [-0.1, -0.05) is 6.42 Å². The molecule has 0 aromatic carbocycles. The maximum absolute atomic E-state index is 6.01. The fourth-order valence-electron chi connectivity index (χ4n) is 4.65. The van der Waals surface area contributed by atoms with Gasteiger partial charge in [0.15, 0.2) is 5.96 Å². The Morgan fingerprint density at radius 2 is 2.30 bits per heavy atom. The molecule has 0 amide bonds. The van der Waals surface area contributed by atoms with Crippen LogP contribution in [0.15, 0.2) is 17.1 Å². The van der Waals surface area contributed by atoms with E-state index in [-0.39, 0.29) is 0 Å². The van der Waals surface area contributed by atoms with Crippen LogP contribution in [0.2, 0.25) is 0 Å². The molecule has 23 heavy (non-hydrogen) atoms. The van der Waals surface area contributed by atoms with E-state index in [9.17, 15) is 0 Å². The molecule has 0 bridgehead atoms. The van der Waals surface area contributed by atoms with Gasteiger partial charge in [-0.3, -0.25) is 0 Å². The van der Waals surface area contributed by atoms with Crippen LogP contribution in [0.4, 0.5) is 0 Å². The number of hydrogen-bond donors (Lipinski definition) is 2. The summed E-state index contributed by atoms with van der Waals surface area (Å²) in [6.45, 7) is 6.89. The van der Waals surface area contributed by atoms with Crippen LogP contribution in [0.1, 0.15) is 42.4 Å². The lowest BCUT2D eigenvalue weighted by Crippen LogP contribution is -2.72. The molecule has 1 aromatic rings. The lowest BCUT2D eigenvalue weighted by Gasteiger charge is -2.63. The van der Waals surface area contributed by atoms with Gasteiger partial charge in [-0.15, -0.1) is 11.3 Å². The van der Waals surface area contributed by atoms with Crippen molar-refractivity contribution in [1.29, 1.82) is 0 Å². The fourth-order valence-corrected chi connectivity index (χ4v) is 5.47. The van der Waals surface area contributed by atoms with Gasteiger partial charge >= 0.3 is 0 Å². The van der Waals surface area contributed by atoms with Crippen LogP contribution in [0.25, 0.3) is 0 Å². The molecule has 1 spiro atoms. The molecule has 2 saturated carbocycles. The van der Waals surface area contributed by atoms with Crippen molar-refractivity contribution in [3.05, 3.63) is 21.9 Å². The van der Waals surface area contributed by atoms with Crippen LogP contribution in [0, 0.1) is 18.3 Å². The molecule has 126 valence electrons. The second-order valence-electron chi connectivity index (χ2n) is 7.16. The Bertz CT molecular complexity index is 593. The molecular weight excluding hydrogens is 306 g/mol. The van der Waals surface area contributed by atoms with E-state index >= 15 is 0 Å². The van der Waals surface area contributed by atoms with E-state index in [1.165, 1.54) is 35.4 Å². The molecule has 1 aromatic heterocycles. The monoisotopic (exact) mass is 333 g/mol. The molecule has 5 heteroatoms. The average molecular weight is 334 g/mol. The van der Waals surface area contributed by atoms with Crippen LogP contribution in [-0.2, 0) is 11.3 Å². The summed E-state index contributed by atoms with van der Waals surface area (Å²) in [7, 11) is 0. The maximum Gasteiger partial charge on any atom is 0.191 e. The van der Waals surface area contributed by atoms with Crippen molar-refractivity contribution in [2.75, 3.05) is 13.2 Å². The topological polar surface area (TPSA) is 45.7 Å². The number of rotatable bonds is 4. The Morgan fingerprint density at radius 1 is 1.43 bits per heavy atom. The number of fused-ring (bicyclic) bond motifs is 2. The first-order valence-electron chi connectivity index (χ1n) is 8.95. The summed E-state index contributed by atoms with van der Waals surface area (Å²) in [6, 6.07) is 4.91. The Balaban J connectivity index is 1.45. The highest BCUT2D eigenvalue weighted by Gasteiger charge is 2.66. The first-order chi connectivity index (χ1) is 11.2. The Labute approximate surface area is 142 Å². The first kappa shape index (κ1) is 15.5. The van der Waals surface area contributed by atoms with Crippen molar-refractivity contribution in [2.45, 2.75) is 58.2 Å². The van der Waals surface area contributed by atoms with Crippen LogP contribution in [0.3, 0.4) is 0 Å². The molecule has 4 nitrogen and oxygen atoms in total. The molecule has 1 saturated heterocycles. The quantitative estimate of drug-likeness (QED) is 0.657. The van der Waals surface area contributed by atoms with Gasteiger partial charge in [-0.2, -0.15) is 0 Å². The molecule has 2 N–H and O–H groups in total. The zero-order chi connectivity index (χ0) is 15.9. The van der Waals surface area contributed by atoms with Gasteiger partial charge in [-0.05, 0) is 45.2 Å². The summed E-state index contributed by atoms with van der Waals surface area (Å²) >= 11 is 1.83. The fraction of sp³-hybridized carbons (Fsp3) is 0.722. The highest BCUT2D eigenvalue weighted by atomic mass is 32.1. The zero-order valence-corrected chi connectivity index (χ0v) is 14.9. The Morgan fingerprint density at radius 3 is 2.96 bits per heavy atom. The number of thiophene rings is 1. The summed E-state index contributed by atoms with van der Waals surface area (Å²) < 4.78 is 6.01. The van der Waals surface area contributed by atoms with E-state index < -0.39 is 0 Å². The van der Waals surface area contributed by atoms with E-state index in [1.54, 1.807) is 0 Å². The number of ether oxygens (including phenoxy) is 1. The Hall–Kier alpha value is -1.07. The second-order valence-corrected chi connectivity index (χ2v) is 8.53. The van der Waals surface area contributed by atoms with Crippen molar-refractivity contribution >= 4 is 17.3 Å². The maximum atomic E-state index is 6.01. The predicted molar refractivity (Wildman–Crippen MR) is 94.9 cm³/mol. The lowest BCUT2D eigenvalue weighted by atomic mass is 9.46. The normalized spacial score (nSPS) is 31.4. The van der Waals surface area contributed by atoms with Crippen molar-refractivity contribution in [3.8, 4) is 0 Å². The number of hydrogen-bond acceptors (Lipinski definition) is 3. The summed E-state index contributed by atoms with van der Waals surface area (Å²) in [5.41, 5.74) is 0.400. The minimum atomic E-state index is 0.400. The van der Waals surface area contributed by atoms with Gasteiger partial charge in [0.2, 0.25) is 0 Å². The van der Waals surface area contributed by atoms with Crippen LogP contribution in [0.5, 0.6) is 0 Å². The molecule has 3 aliphatic rings. The average Bonchev–Trinajstić information content (AvgIpc) is 3.08. The van der Waals surface area contributed by atoms with Crippen molar-refractivity contribution in [3.63, 3.8) is 0 Å². The standard InChI is InChI=1S/C18H27N3OS/c1-3-19-17(20-11-13-6-5-12(2)23-13)21-15-14-7-10-22-16(14)18(15)8-4-9-18/h5-6,14-16H,3-4,7-11H2,1-2H3,(H2,19,20,21). The minimum absolute atomic E-state index is 0.400. The highest BCUT2D eigenvalue weighted by molar-refractivity contribution is 7.11. The number of guanidine groups is 1. The lowest BCUT2D eigenvalue weighted by molar-refractivity contribution is -0.171. The van der Waals surface area contributed by atoms with E-state index in [2.05, 4.69) is 36.6 Å². The van der Waals surface area contributed by atoms with E-state index in [4.69, 9.17) is 9.73 Å². The highest BCUT2D eigenvalue weighted by Crippen LogP contribution is 2.62. The predicted octanol–water partition coefficient (Wildman–Crippen LogP) is 3.07. The van der Waals surface area contributed by atoms with Gasteiger partial charge in [-0.25, -0.2) is 4.99 Å². The molecule has 2 aliphatic carbocycles. The molecule has 1 aliphatic heterocycles. The van der Waals surface area contributed by atoms with E-state index in [0.29, 0.717) is 23.5 Å². The minimum Gasteiger partial charge on any atom is -0.377 e. The third kappa shape index (κ3) is 2.58. The van der Waals surface area contributed by atoms with Crippen molar-refractivity contribution in [1.82, 2.24) is 10.6 Å². The molecule has 3 atom stereocenters. The van der Waals surface area contributed by atoms with Crippen molar-refractivity contribution < 1.29 is 4.74 Å².